The average molecular weight is 359 g/mol. The third-order valence-electron chi connectivity index (χ3n) is 3.89. The molecule has 0 amide bonds. The van der Waals surface area contributed by atoms with E-state index in [4.69, 9.17) is 4.74 Å². The highest BCUT2D eigenvalue weighted by Crippen LogP contribution is 2.35. The first-order chi connectivity index (χ1) is 12.0. The Labute approximate surface area is 149 Å². The summed E-state index contributed by atoms with van der Waals surface area (Å²) in [4.78, 5) is 23.9. The van der Waals surface area contributed by atoms with Crippen molar-refractivity contribution in [2.45, 2.75) is 20.4 Å². The molecule has 0 saturated carbocycles. The van der Waals surface area contributed by atoms with E-state index < -0.39 is 0 Å². The summed E-state index contributed by atoms with van der Waals surface area (Å²) in [5.41, 5.74) is 1.37. The Kier molecular flexibility index (Phi) is 4.94. The van der Waals surface area contributed by atoms with Gasteiger partial charge in [0.15, 0.2) is 0 Å². The zero-order valence-electron chi connectivity index (χ0n) is 14.2. The van der Waals surface area contributed by atoms with Gasteiger partial charge in [-0.25, -0.2) is 19.2 Å². The lowest BCUT2D eigenvalue weighted by Gasteiger charge is -2.19. The van der Waals surface area contributed by atoms with Gasteiger partial charge < -0.3 is 9.64 Å². The van der Waals surface area contributed by atoms with Crippen molar-refractivity contribution in [1.82, 2.24) is 9.97 Å². The van der Waals surface area contributed by atoms with Gasteiger partial charge in [-0.05, 0) is 25.5 Å². The monoisotopic (exact) mass is 359 g/mol. The van der Waals surface area contributed by atoms with E-state index >= 15 is 0 Å². The van der Waals surface area contributed by atoms with Crippen molar-refractivity contribution in [2.24, 2.45) is 0 Å². The van der Waals surface area contributed by atoms with Crippen LogP contribution in [0.3, 0.4) is 0 Å². The molecule has 0 aliphatic rings. The minimum atomic E-state index is -0.356. The van der Waals surface area contributed by atoms with Crippen LogP contribution in [0.5, 0.6) is 0 Å². The van der Waals surface area contributed by atoms with E-state index in [1.807, 2.05) is 18.9 Å². The number of hydrogen-bond donors (Lipinski definition) is 0. The van der Waals surface area contributed by atoms with Gasteiger partial charge >= 0.3 is 5.97 Å². The van der Waals surface area contributed by atoms with Crippen LogP contribution in [0.15, 0.2) is 30.6 Å². The zero-order valence-corrected chi connectivity index (χ0v) is 15.1. The number of carbonyl (C=O) groups is 1. The smallest absolute Gasteiger partial charge is 0.348 e. The number of ether oxygens (including phenoxy) is 1. The summed E-state index contributed by atoms with van der Waals surface area (Å²) < 4.78 is 19.0. The number of rotatable bonds is 5. The van der Waals surface area contributed by atoms with Gasteiger partial charge in [0.25, 0.3) is 0 Å². The van der Waals surface area contributed by atoms with Gasteiger partial charge in [0.2, 0.25) is 0 Å². The van der Waals surface area contributed by atoms with Crippen LogP contribution >= 0.6 is 11.3 Å². The predicted molar refractivity (Wildman–Crippen MR) is 96.6 cm³/mol. The van der Waals surface area contributed by atoms with Crippen molar-refractivity contribution in [3.8, 4) is 0 Å². The van der Waals surface area contributed by atoms with Crippen LogP contribution in [0.4, 0.5) is 10.2 Å². The zero-order chi connectivity index (χ0) is 18.0. The first-order valence-corrected chi connectivity index (χ1v) is 8.70. The largest absolute Gasteiger partial charge is 0.462 e. The maximum atomic E-state index is 13.9. The molecular formula is C18H18FN3O2S. The summed E-state index contributed by atoms with van der Waals surface area (Å²) in [6.07, 6.45) is 1.46. The van der Waals surface area contributed by atoms with Gasteiger partial charge in [0, 0.05) is 19.2 Å². The number of aromatic nitrogens is 2. The summed E-state index contributed by atoms with van der Waals surface area (Å²) in [6.45, 7) is 4.31. The minimum Gasteiger partial charge on any atom is -0.462 e. The molecule has 3 rings (SSSR count). The number of nitrogens with zero attached hydrogens (tertiary/aromatic N) is 3. The van der Waals surface area contributed by atoms with E-state index in [1.165, 1.54) is 23.7 Å². The number of esters is 1. The highest BCUT2D eigenvalue weighted by molar-refractivity contribution is 7.20. The third kappa shape index (κ3) is 3.32. The second-order valence-corrected chi connectivity index (χ2v) is 6.60. The van der Waals surface area contributed by atoms with Crippen LogP contribution in [-0.2, 0) is 11.3 Å². The molecule has 5 nitrogen and oxygen atoms in total. The molecule has 1 aromatic carbocycles. The molecule has 0 aliphatic carbocycles. The second kappa shape index (κ2) is 7.14. The van der Waals surface area contributed by atoms with Crippen LogP contribution in [0.25, 0.3) is 10.2 Å². The van der Waals surface area contributed by atoms with E-state index in [1.54, 1.807) is 25.1 Å². The standard InChI is InChI=1S/C18H18FN3O2S/c1-4-24-18(23)15-11(2)14-16(20-10-21-17(14)25-15)22(3)9-12-7-5-6-8-13(12)19/h5-8,10H,4,9H2,1-3H3. The summed E-state index contributed by atoms with van der Waals surface area (Å²) >= 11 is 1.29. The molecule has 0 N–H and O–H groups in total. The Bertz CT molecular complexity index is 926. The molecule has 2 aromatic heterocycles. The molecule has 0 unspecified atom stereocenters. The SMILES string of the molecule is CCOC(=O)c1sc2ncnc(N(C)Cc3ccccc3F)c2c1C. The maximum absolute atomic E-state index is 13.9. The van der Waals surface area contributed by atoms with E-state index in [0.717, 1.165) is 10.9 Å². The van der Waals surface area contributed by atoms with Gasteiger partial charge in [-0.2, -0.15) is 0 Å². The quantitative estimate of drug-likeness (QED) is 0.646. The van der Waals surface area contributed by atoms with Crippen LogP contribution in [0.1, 0.15) is 27.7 Å². The van der Waals surface area contributed by atoms with Gasteiger partial charge in [0.05, 0.1) is 12.0 Å². The van der Waals surface area contributed by atoms with Gasteiger partial charge in [0.1, 0.15) is 27.7 Å². The van der Waals surface area contributed by atoms with Crippen molar-refractivity contribution >= 4 is 33.3 Å². The molecule has 25 heavy (non-hydrogen) atoms. The number of fused-ring (bicyclic) bond motifs is 1. The van der Waals surface area contributed by atoms with Crippen LogP contribution < -0.4 is 4.90 Å². The summed E-state index contributed by atoms with van der Waals surface area (Å²) in [6, 6.07) is 6.65. The Balaban J connectivity index is 2.01. The lowest BCUT2D eigenvalue weighted by Crippen LogP contribution is -2.19. The molecule has 0 radical (unpaired) electrons. The predicted octanol–water partition coefficient (Wildman–Crippen LogP) is 3.95. The summed E-state index contributed by atoms with van der Waals surface area (Å²) in [5, 5.41) is 0.800. The normalized spacial score (nSPS) is 10.9. The fraction of sp³-hybridized carbons (Fsp3) is 0.278. The first kappa shape index (κ1) is 17.3. The fourth-order valence-electron chi connectivity index (χ4n) is 2.69. The lowest BCUT2D eigenvalue weighted by atomic mass is 10.1. The minimum absolute atomic E-state index is 0.256. The second-order valence-electron chi connectivity index (χ2n) is 5.60. The highest BCUT2D eigenvalue weighted by atomic mass is 32.1. The summed E-state index contributed by atoms with van der Waals surface area (Å²) in [7, 11) is 1.84. The van der Waals surface area contributed by atoms with Gasteiger partial charge in [-0.3, -0.25) is 0 Å². The molecule has 0 aliphatic heterocycles. The Hall–Kier alpha value is -2.54. The number of aryl methyl sites for hydroxylation is 1. The molecule has 0 saturated heterocycles. The molecule has 0 atom stereocenters. The molecule has 2 heterocycles. The maximum Gasteiger partial charge on any atom is 0.348 e. The van der Waals surface area contributed by atoms with Crippen LogP contribution in [-0.4, -0.2) is 29.6 Å². The Morgan fingerprint density at radius 3 is 2.80 bits per heavy atom. The van der Waals surface area contributed by atoms with Crippen LogP contribution in [0, 0.1) is 12.7 Å². The van der Waals surface area contributed by atoms with E-state index in [-0.39, 0.29) is 11.8 Å². The fourth-order valence-corrected chi connectivity index (χ4v) is 3.73. The number of halogens is 1. The molecule has 0 bridgehead atoms. The van der Waals surface area contributed by atoms with Gasteiger partial charge in [-0.15, -0.1) is 11.3 Å². The molecular weight excluding hydrogens is 341 g/mol. The molecule has 0 fully saturated rings. The number of hydrogen-bond acceptors (Lipinski definition) is 6. The number of carbonyl (C=O) groups excluding carboxylic acids is 1. The molecule has 7 heteroatoms. The molecule has 3 aromatic rings. The van der Waals surface area contributed by atoms with Crippen molar-refractivity contribution in [3.63, 3.8) is 0 Å². The average Bonchev–Trinajstić information content (AvgIpc) is 2.94. The van der Waals surface area contributed by atoms with Crippen molar-refractivity contribution in [1.29, 1.82) is 0 Å². The van der Waals surface area contributed by atoms with Crippen molar-refractivity contribution < 1.29 is 13.9 Å². The lowest BCUT2D eigenvalue weighted by molar-refractivity contribution is 0.0531. The van der Waals surface area contributed by atoms with Crippen molar-refractivity contribution in [2.75, 3.05) is 18.6 Å². The third-order valence-corrected chi connectivity index (χ3v) is 5.07. The number of thiophene rings is 1. The van der Waals surface area contributed by atoms with Gasteiger partial charge in [-0.1, -0.05) is 18.2 Å². The van der Waals surface area contributed by atoms with Crippen LogP contribution in [0.2, 0.25) is 0 Å². The van der Waals surface area contributed by atoms with E-state index in [0.29, 0.717) is 34.2 Å². The van der Waals surface area contributed by atoms with E-state index in [2.05, 4.69) is 9.97 Å². The number of anilines is 1. The Morgan fingerprint density at radius 1 is 1.32 bits per heavy atom. The first-order valence-electron chi connectivity index (χ1n) is 7.88. The number of benzene rings is 1. The topological polar surface area (TPSA) is 55.3 Å². The van der Waals surface area contributed by atoms with E-state index in [9.17, 15) is 9.18 Å². The molecule has 0 spiro atoms. The summed E-state index contributed by atoms with van der Waals surface area (Å²) in [5.74, 6) is 0.0529. The Morgan fingerprint density at radius 2 is 2.08 bits per heavy atom. The highest BCUT2D eigenvalue weighted by Gasteiger charge is 2.21. The van der Waals surface area contributed by atoms with Crippen molar-refractivity contribution in [3.05, 3.63) is 52.4 Å². The molecule has 130 valence electrons.